The number of amides is 1. The Morgan fingerprint density at radius 2 is 1.94 bits per heavy atom. The lowest BCUT2D eigenvalue weighted by Crippen LogP contribution is -2.26. The summed E-state index contributed by atoms with van der Waals surface area (Å²) in [7, 11) is 0. The van der Waals surface area contributed by atoms with Crippen LogP contribution in [-0.4, -0.2) is 19.0 Å². The summed E-state index contributed by atoms with van der Waals surface area (Å²) in [6.07, 6.45) is 3.60. The van der Waals surface area contributed by atoms with Gasteiger partial charge in [-0.15, -0.1) is 0 Å². The first-order valence-corrected chi connectivity index (χ1v) is 6.66. The van der Waals surface area contributed by atoms with E-state index in [1.54, 1.807) is 0 Å². The molecule has 0 bridgehead atoms. The predicted octanol–water partition coefficient (Wildman–Crippen LogP) is 2.09. The summed E-state index contributed by atoms with van der Waals surface area (Å²) in [5, 5.41) is 2.94. The largest absolute Gasteiger partial charge is 0.356 e. The number of aryl methyl sites for hydroxylation is 2. The van der Waals surface area contributed by atoms with Gasteiger partial charge in [-0.3, -0.25) is 4.79 Å². The molecule has 1 rings (SSSR count). The summed E-state index contributed by atoms with van der Waals surface area (Å²) in [5.41, 5.74) is 9.00. The number of hydrogen-bond donors (Lipinski definition) is 2. The highest BCUT2D eigenvalue weighted by Crippen LogP contribution is 2.10. The van der Waals surface area contributed by atoms with Crippen molar-refractivity contribution in [3.63, 3.8) is 0 Å². The van der Waals surface area contributed by atoms with Gasteiger partial charge in [0.25, 0.3) is 0 Å². The van der Waals surface area contributed by atoms with Crippen LogP contribution in [0.25, 0.3) is 0 Å². The van der Waals surface area contributed by atoms with Gasteiger partial charge in [-0.25, -0.2) is 0 Å². The van der Waals surface area contributed by atoms with E-state index < -0.39 is 0 Å². The fourth-order valence-corrected chi connectivity index (χ4v) is 1.84. The Hall–Kier alpha value is -1.35. The fraction of sp³-hybridized carbons (Fsp3) is 0.533. The van der Waals surface area contributed by atoms with Gasteiger partial charge in [-0.1, -0.05) is 24.6 Å². The van der Waals surface area contributed by atoms with Crippen LogP contribution < -0.4 is 11.1 Å². The van der Waals surface area contributed by atoms with E-state index in [0.717, 1.165) is 37.9 Å². The van der Waals surface area contributed by atoms with Crippen molar-refractivity contribution in [1.82, 2.24) is 5.32 Å². The summed E-state index contributed by atoms with van der Waals surface area (Å²) < 4.78 is 0. The van der Waals surface area contributed by atoms with Gasteiger partial charge in [0.1, 0.15) is 0 Å². The van der Waals surface area contributed by atoms with Crippen molar-refractivity contribution in [3.05, 3.63) is 34.9 Å². The van der Waals surface area contributed by atoms with Gasteiger partial charge in [0.05, 0.1) is 6.42 Å². The van der Waals surface area contributed by atoms with Crippen LogP contribution in [0.5, 0.6) is 0 Å². The Bertz CT molecular complexity index is 388. The molecule has 0 fully saturated rings. The van der Waals surface area contributed by atoms with E-state index in [1.165, 1.54) is 11.1 Å². The Labute approximate surface area is 110 Å². The minimum absolute atomic E-state index is 0.103. The molecule has 0 aliphatic rings. The molecule has 1 aromatic carbocycles. The second-order valence-electron chi connectivity index (χ2n) is 4.79. The van der Waals surface area contributed by atoms with Crippen molar-refractivity contribution in [3.8, 4) is 0 Å². The zero-order valence-electron chi connectivity index (χ0n) is 11.5. The smallest absolute Gasteiger partial charge is 0.224 e. The van der Waals surface area contributed by atoms with Gasteiger partial charge < -0.3 is 11.1 Å². The third-order valence-corrected chi connectivity index (χ3v) is 3.14. The van der Waals surface area contributed by atoms with Crippen LogP contribution in [0.3, 0.4) is 0 Å². The van der Waals surface area contributed by atoms with Crippen LogP contribution in [-0.2, 0) is 11.2 Å². The molecule has 0 saturated heterocycles. The molecule has 0 saturated carbocycles. The lowest BCUT2D eigenvalue weighted by molar-refractivity contribution is -0.120. The number of benzene rings is 1. The Kier molecular flexibility index (Phi) is 6.44. The second kappa shape index (κ2) is 7.88. The van der Waals surface area contributed by atoms with E-state index in [-0.39, 0.29) is 5.91 Å². The molecule has 3 heteroatoms. The number of hydrogen-bond acceptors (Lipinski definition) is 2. The third kappa shape index (κ3) is 5.32. The van der Waals surface area contributed by atoms with E-state index in [9.17, 15) is 4.79 Å². The SMILES string of the molecule is Cc1ccc(CC(=O)NCCCCCN)cc1C. The van der Waals surface area contributed by atoms with E-state index in [2.05, 4.69) is 31.3 Å². The molecule has 100 valence electrons. The van der Waals surface area contributed by atoms with Gasteiger partial charge >= 0.3 is 0 Å². The topological polar surface area (TPSA) is 55.1 Å². The van der Waals surface area contributed by atoms with Gasteiger partial charge in [0, 0.05) is 6.54 Å². The molecule has 0 spiro atoms. The third-order valence-electron chi connectivity index (χ3n) is 3.14. The van der Waals surface area contributed by atoms with Crippen molar-refractivity contribution in [2.24, 2.45) is 5.73 Å². The number of nitrogens with two attached hydrogens (primary N) is 1. The molecule has 0 aliphatic heterocycles. The minimum Gasteiger partial charge on any atom is -0.356 e. The van der Waals surface area contributed by atoms with Gasteiger partial charge in [0.15, 0.2) is 0 Å². The first-order chi connectivity index (χ1) is 8.63. The summed E-state index contributed by atoms with van der Waals surface area (Å²) >= 11 is 0. The highest BCUT2D eigenvalue weighted by molar-refractivity contribution is 5.78. The van der Waals surface area contributed by atoms with Crippen molar-refractivity contribution in [2.75, 3.05) is 13.1 Å². The van der Waals surface area contributed by atoms with Crippen molar-refractivity contribution < 1.29 is 4.79 Å². The maximum atomic E-state index is 11.7. The van der Waals surface area contributed by atoms with Crippen LogP contribution in [0.15, 0.2) is 18.2 Å². The number of carbonyl (C=O) groups excluding carboxylic acids is 1. The lowest BCUT2D eigenvalue weighted by Gasteiger charge is -2.07. The highest BCUT2D eigenvalue weighted by atomic mass is 16.1. The summed E-state index contributed by atoms with van der Waals surface area (Å²) in [6, 6.07) is 6.18. The molecule has 0 atom stereocenters. The lowest BCUT2D eigenvalue weighted by atomic mass is 10.0. The number of carbonyl (C=O) groups is 1. The quantitative estimate of drug-likeness (QED) is 0.726. The molecule has 3 N–H and O–H groups in total. The molecular formula is C15H24N2O. The number of rotatable bonds is 7. The minimum atomic E-state index is 0.103. The average Bonchev–Trinajstić information content (AvgIpc) is 2.34. The molecule has 18 heavy (non-hydrogen) atoms. The highest BCUT2D eigenvalue weighted by Gasteiger charge is 2.03. The van der Waals surface area contributed by atoms with Gasteiger partial charge in [0.2, 0.25) is 5.91 Å². The molecule has 3 nitrogen and oxygen atoms in total. The molecule has 1 aromatic rings. The molecule has 1 amide bonds. The summed E-state index contributed by atoms with van der Waals surface area (Å²) in [4.78, 5) is 11.7. The van der Waals surface area contributed by atoms with Crippen LogP contribution in [0.4, 0.5) is 0 Å². The molecule has 0 aromatic heterocycles. The molecule has 0 unspecified atom stereocenters. The van der Waals surface area contributed by atoms with Crippen molar-refractivity contribution in [2.45, 2.75) is 39.5 Å². The number of unbranched alkanes of at least 4 members (excludes halogenated alkanes) is 2. The summed E-state index contributed by atoms with van der Waals surface area (Å²) in [5.74, 6) is 0.103. The van der Waals surface area contributed by atoms with Crippen LogP contribution >= 0.6 is 0 Å². The first kappa shape index (κ1) is 14.7. The molecule has 0 heterocycles. The van der Waals surface area contributed by atoms with Crippen LogP contribution in [0, 0.1) is 13.8 Å². The van der Waals surface area contributed by atoms with E-state index >= 15 is 0 Å². The van der Waals surface area contributed by atoms with Crippen LogP contribution in [0.1, 0.15) is 36.0 Å². The molecular weight excluding hydrogens is 224 g/mol. The first-order valence-electron chi connectivity index (χ1n) is 6.66. The zero-order valence-corrected chi connectivity index (χ0v) is 11.5. The van der Waals surface area contributed by atoms with E-state index in [0.29, 0.717) is 6.42 Å². The number of nitrogens with one attached hydrogen (secondary N) is 1. The van der Waals surface area contributed by atoms with Crippen LogP contribution in [0.2, 0.25) is 0 Å². The Morgan fingerprint density at radius 1 is 1.17 bits per heavy atom. The van der Waals surface area contributed by atoms with Gasteiger partial charge in [-0.2, -0.15) is 0 Å². The van der Waals surface area contributed by atoms with Crippen molar-refractivity contribution in [1.29, 1.82) is 0 Å². The maximum absolute atomic E-state index is 11.7. The van der Waals surface area contributed by atoms with E-state index in [4.69, 9.17) is 5.73 Å². The second-order valence-corrected chi connectivity index (χ2v) is 4.79. The normalized spacial score (nSPS) is 10.4. The predicted molar refractivity (Wildman–Crippen MR) is 75.5 cm³/mol. The molecule has 0 aliphatic carbocycles. The average molecular weight is 248 g/mol. The Balaban J connectivity index is 2.29. The summed E-state index contributed by atoms with van der Waals surface area (Å²) in [6.45, 7) is 5.64. The maximum Gasteiger partial charge on any atom is 0.224 e. The van der Waals surface area contributed by atoms with E-state index in [1.807, 2.05) is 6.07 Å². The molecule has 0 radical (unpaired) electrons. The fourth-order valence-electron chi connectivity index (χ4n) is 1.84. The standard InChI is InChI=1S/C15H24N2O/c1-12-6-7-14(10-13(12)2)11-15(18)17-9-5-3-4-8-16/h6-7,10H,3-5,8-9,11,16H2,1-2H3,(H,17,18). The Morgan fingerprint density at radius 3 is 2.61 bits per heavy atom. The monoisotopic (exact) mass is 248 g/mol. The zero-order chi connectivity index (χ0) is 13.4. The van der Waals surface area contributed by atoms with Crippen molar-refractivity contribution >= 4 is 5.91 Å². The van der Waals surface area contributed by atoms with Gasteiger partial charge in [-0.05, 0) is 49.9 Å².